The van der Waals surface area contributed by atoms with Gasteiger partial charge >= 0.3 is 0 Å². The van der Waals surface area contributed by atoms with Gasteiger partial charge in [-0.1, -0.05) is 43.7 Å². The first-order valence-electron chi connectivity index (χ1n) is 7.16. The molecule has 0 radical (unpaired) electrons. The van der Waals surface area contributed by atoms with Gasteiger partial charge in [0.05, 0.1) is 6.04 Å². The SMILES string of the molecule is CCCC(C)NC(=O)C(C)N[C@H](C)c1ccccc1. The zero-order valence-electron chi connectivity index (χ0n) is 12.4. The quantitative estimate of drug-likeness (QED) is 0.793. The van der Waals surface area contributed by atoms with Gasteiger partial charge in [0.2, 0.25) is 5.91 Å². The van der Waals surface area contributed by atoms with E-state index in [1.807, 2.05) is 25.1 Å². The molecule has 1 aromatic carbocycles. The minimum Gasteiger partial charge on any atom is -0.352 e. The maximum Gasteiger partial charge on any atom is 0.237 e. The van der Waals surface area contributed by atoms with Crippen LogP contribution in [0.1, 0.15) is 52.1 Å². The number of hydrogen-bond acceptors (Lipinski definition) is 2. The van der Waals surface area contributed by atoms with Gasteiger partial charge in [0.1, 0.15) is 0 Å². The van der Waals surface area contributed by atoms with E-state index in [-0.39, 0.29) is 24.0 Å². The number of carbonyl (C=O) groups is 1. The lowest BCUT2D eigenvalue weighted by Gasteiger charge is -2.22. The topological polar surface area (TPSA) is 41.1 Å². The lowest BCUT2D eigenvalue weighted by atomic mass is 10.1. The third kappa shape index (κ3) is 5.43. The fourth-order valence-corrected chi connectivity index (χ4v) is 2.16. The average Bonchev–Trinajstić information content (AvgIpc) is 2.39. The van der Waals surface area contributed by atoms with Gasteiger partial charge in [-0.05, 0) is 32.8 Å². The van der Waals surface area contributed by atoms with Gasteiger partial charge in [-0.25, -0.2) is 0 Å². The number of nitrogens with one attached hydrogen (secondary N) is 2. The van der Waals surface area contributed by atoms with Crippen LogP contribution in [0.4, 0.5) is 0 Å². The van der Waals surface area contributed by atoms with Crippen molar-refractivity contribution in [1.82, 2.24) is 10.6 Å². The molecule has 1 amide bonds. The Morgan fingerprint density at radius 2 is 1.79 bits per heavy atom. The van der Waals surface area contributed by atoms with Crippen LogP contribution in [-0.4, -0.2) is 18.0 Å². The molecule has 0 heterocycles. The van der Waals surface area contributed by atoms with Gasteiger partial charge in [-0.2, -0.15) is 0 Å². The van der Waals surface area contributed by atoms with Crippen LogP contribution in [-0.2, 0) is 4.79 Å². The minimum absolute atomic E-state index is 0.0729. The van der Waals surface area contributed by atoms with E-state index >= 15 is 0 Å². The Hall–Kier alpha value is -1.35. The molecular weight excluding hydrogens is 236 g/mol. The summed E-state index contributed by atoms with van der Waals surface area (Å²) in [6.45, 7) is 8.17. The van der Waals surface area contributed by atoms with Crippen LogP contribution in [0.2, 0.25) is 0 Å². The fraction of sp³-hybridized carbons (Fsp3) is 0.562. The number of amides is 1. The van der Waals surface area contributed by atoms with Crippen LogP contribution in [0.3, 0.4) is 0 Å². The van der Waals surface area contributed by atoms with Gasteiger partial charge in [0.25, 0.3) is 0 Å². The molecule has 0 bridgehead atoms. The van der Waals surface area contributed by atoms with Crippen molar-refractivity contribution in [3.63, 3.8) is 0 Å². The molecule has 0 spiro atoms. The summed E-state index contributed by atoms with van der Waals surface area (Å²) in [4.78, 5) is 12.0. The third-order valence-corrected chi connectivity index (χ3v) is 3.30. The number of hydrogen-bond donors (Lipinski definition) is 2. The van der Waals surface area contributed by atoms with E-state index < -0.39 is 0 Å². The van der Waals surface area contributed by atoms with Gasteiger partial charge in [0, 0.05) is 12.1 Å². The van der Waals surface area contributed by atoms with E-state index in [4.69, 9.17) is 0 Å². The van der Waals surface area contributed by atoms with Crippen LogP contribution < -0.4 is 10.6 Å². The van der Waals surface area contributed by atoms with Gasteiger partial charge in [-0.3, -0.25) is 10.1 Å². The smallest absolute Gasteiger partial charge is 0.237 e. The summed E-state index contributed by atoms with van der Waals surface area (Å²) in [6, 6.07) is 10.4. The van der Waals surface area contributed by atoms with Crippen LogP contribution >= 0.6 is 0 Å². The van der Waals surface area contributed by atoms with Crippen LogP contribution in [0.5, 0.6) is 0 Å². The van der Waals surface area contributed by atoms with E-state index in [2.05, 4.69) is 43.5 Å². The van der Waals surface area contributed by atoms with Crippen molar-refractivity contribution in [1.29, 1.82) is 0 Å². The molecule has 0 aliphatic heterocycles. The Bertz CT molecular complexity index is 378. The van der Waals surface area contributed by atoms with Crippen molar-refractivity contribution in [2.45, 2.75) is 58.7 Å². The summed E-state index contributed by atoms with van der Waals surface area (Å²) in [5.74, 6) is 0.0729. The van der Waals surface area contributed by atoms with E-state index in [1.54, 1.807) is 0 Å². The van der Waals surface area contributed by atoms with E-state index in [9.17, 15) is 4.79 Å². The molecule has 3 atom stereocenters. The van der Waals surface area contributed by atoms with Crippen molar-refractivity contribution < 1.29 is 4.79 Å². The molecule has 1 rings (SSSR count). The fourth-order valence-electron chi connectivity index (χ4n) is 2.16. The van der Waals surface area contributed by atoms with Gasteiger partial charge in [0.15, 0.2) is 0 Å². The molecule has 0 aliphatic carbocycles. The third-order valence-electron chi connectivity index (χ3n) is 3.30. The van der Waals surface area contributed by atoms with Crippen molar-refractivity contribution >= 4 is 5.91 Å². The lowest BCUT2D eigenvalue weighted by Crippen LogP contribution is -2.46. The molecule has 0 saturated carbocycles. The predicted molar refractivity (Wildman–Crippen MR) is 80.0 cm³/mol. The van der Waals surface area contributed by atoms with E-state index in [0.29, 0.717) is 0 Å². The summed E-state index contributed by atoms with van der Waals surface area (Å²) in [6.07, 6.45) is 2.11. The second kappa shape index (κ2) is 7.95. The van der Waals surface area contributed by atoms with Crippen LogP contribution in [0.15, 0.2) is 30.3 Å². The summed E-state index contributed by atoms with van der Waals surface area (Å²) >= 11 is 0. The summed E-state index contributed by atoms with van der Waals surface area (Å²) in [5, 5.41) is 6.37. The highest BCUT2D eigenvalue weighted by atomic mass is 16.2. The Balaban J connectivity index is 2.45. The highest BCUT2D eigenvalue weighted by Gasteiger charge is 2.17. The molecule has 106 valence electrons. The first-order chi connectivity index (χ1) is 9.04. The Kier molecular flexibility index (Phi) is 6.57. The van der Waals surface area contributed by atoms with Crippen LogP contribution in [0.25, 0.3) is 0 Å². The van der Waals surface area contributed by atoms with Crippen molar-refractivity contribution in [2.75, 3.05) is 0 Å². The maximum absolute atomic E-state index is 12.0. The molecule has 0 aliphatic rings. The average molecular weight is 262 g/mol. The number of rotatable bonds is 7. The molecule has 0 saturated heterocycles. The van der Waals surface area contributed by atoms with Gasteiger partial charge < -0.3 is 5.32 Å². The molecule has 0 aromatic heterocycles. The highest BCUT2D eigenvalue weighted by Crippen LogP contribution is 2.12. The molecule has 2 unspecified atom stereocenters. The molecule has 3 nitrogen and oxygen atoms in total. The van der Waals surface area contributed by atoms with Crippen molar-refractivity contribution in [3.05, 3.63) is 35.9 Å². The first kappa shape index (κ1) is 15.7. The molecule has 3 heteroatoms. The second-order valence-corrected chi connectivity index (χ2v) is 5.22. The Labute approximate surface area is 116 Å². The summed E-state index contributed by atoms with van der Waals surface area (Å²) < 4.78 is 0. The zero-order chi connectivity index (χ0) is 14.3. The molecular formula is C16H26N2O. The van der Waals surface area contributed by atoms with E-state index in [1.165, 1.54) is 5.56 Å². The minimum atomic E-state index is -0.186. The molecule has 0 fully saturated rings. The van der Waals surface area contributed by atoms with Crippen molar-refractivity contribution in [3.8, 4) is 0 Å². The monoisotopic (exact) mass is 262 g/mol. The Morgan fingerprint density at radius 1 is 1.16 bits per heavy atom. The largest absolute Gasteiger partial charge is 0.352 e. The molecule has 2 N–H and O–H groups in total. The molecule has 19 heavy (non-hydrogen) atoms. The summed E-state index contributed by atoms with van der Waals surface area (Å²) in [5.41, 5.74) is 1.20. The second-order valence-electron chi connectivity index (χ2n) is 5.22. The zero-order valence-corrected chi connectivity index (χ0v) is 12.4. The van der Waals surface area contributed by atoms with Crippen molar-refractivity contribution in [2.24, 2.45) is 0 Å². The Morgan fingerprint density at radius 3 is 2.37 bits per heavy atom. The van der Waals surface area contributed by atoms with Gasteiger partial charge in [-0.15, -0.1) is 0 Å². The number of benzene rings is 1. The maximum atomic E-state index is 12.0. The predicted octanol–water partition coefficient (Wildman–Crippen LogP) is 3.03. The number of carbonyl (C=O) groups excluding carboxylic acids is 1. The first-order valence-corrected chi connectivity index (χ1v) is 7.16. The van der Waals surface area contributed by atoms with Crippen LogP contribution in [0, 0.1) is 0 Å². The highest BCUT2D eigenvalue weighted by molar-refractivity contribution is 5.81. The molecule has 1 aromatic rings. The lowest BCUT2D eigenvalue weighted by molar-refractivity contribution is -0.123. The van der Waals surface area contributed by atoms with E-state index in [0.717, 1.165) is 12.8 Å². The normalized spacial score (nSPS) is 15.6. The standard InChI is InChI=1S/C16H26N2O/c1-5-9-12(2)17-16(19)14(4)18-13(3)15-10-7-6-8-11-15/h6-8,10-14,18H,5,9H2,1-4H3,(H,17,19)/t12?,13-,14?/m1/s1. The summed E-state index contributed by atoms with van der Waals surface area (Å²) in [7, 11) is 0.